The Morgan fingerprint density at radius 2 is 1.83 bits per heavy atom. The number of aromatic carboxylic acids is 1. The normalized spacial score (nSPS) is 14.4. The summed E-state index contributed by atoms with van der Waals surface area (Å²) in [6.45, 7) is 1.52. The van der Waals surface area contributed by atoms with E-state index in [0.717, 1.165) is 0 Å². The van der Waals surface area contributed by atoms with Gasteiger partial charge in [-0.1, -0.05) is 6.07 Å². The van der Waals surface area contributed by atoms with Gasteiger partial charge in [0.1, 0.15) is 12.4 Å². The summed E-state index contributed by atoms with van der Waals surface area (Å²) in [6.07, 6.45) is 0. The van der Waals surface area contributed by atoms with E-state index < -0.39 is 17.9 Å². The zero-order valence-corrected chi connectivity index (χ0v) is 13.5. The van der Waals surface area contributed by atoms with Gasteiger partial charge >= 0.3 is 17.9 Å². The molecule has 0 fully saturated rings. The summed E-state index contributed by atoms with van der Waals surface area (Å²) in [6, 6.07) is 4.65. The summed E-state index contributed by atoms with van der Waals surface area (Å²) < 4.78 is 14.8. The van der Waals surface area contributed by atoms with Crippen LogP contribution in [0.4, 0.5) is 5.69 Å². The third-order valence-electron chi connectivity index (χ3n) is 3.60. The summed E-state index contributed by atoms with van der Waals surface area (Å²) in [4.78, 5) is 36.8. The lowest BCUT2D eigenvalue weighted by Crippen LogP contribution is -2.38. The predicted octanol–water partition coefficient (Wildman–Crippen LogP) is 1.09. The Labute approximate surface area is 138 Å². The molecule has 1 aromatic rings. The maximum atomic E-state index is 12.2. The Balaban J connectivity index is 2.59. The molecule has 128 valence electrons. The van der Waals surface area contributed by atoms with Crippen molar-refractivity contribution in [3.63, 3.8) is 0 Å². The SMILES string of the molecule is COC(=O)C1=C(C(=O)OC)N(c2ccc(C)c(C(=O)O)c2)COC1. The molecule has 0 aliphatic carbocycles. The molecule has 0 saturated carbocycles. The van der Waals surface area contributed by atoms with Gasteiger partial charge in [-0.3, -0.25) is 0 Å². The van der Waals surface area contributed by atoms with E-state index >= 15 is 0 Å². The highest BCUT2D eigenvalue weighted by Crippen LogP contribution is 2.28. The number of benzene rings is 1. The molecule has 1 N–H and O–H groups in total. The van der Waals surface area contributed by atoms with Crippen LogP contribution < -0.4 is 4.90 Å². The van der Waals surface area contributed by atoms with Crippen molar-refractivity contribution in [2.75, 3.05) is 32.5 Å². The first-order valence-corrected chi connectivity index (χ1v) is 6.99. The summed E-state index contributed by atoms with van der Waals surface area (Å²) in [5.74, 6) is -2.55. The largest absolute Gasteiger partial charge is 0.478 e. The Kier molecular flexibility index (Phi) is 5.20. The molecule has 0 spiro atoms. The van der Waals surface area contributed by atoms with Crippen LogP contribution in [-0.2, 0) is 23.8 Å². The van der Waals surface area contributed by atoms with E-state index in [0.29, 0.717) is 11.3 Å². The number of hydrogen-bond donors (Lipinski definition) is 1. The van der Waals surface area contributed by atoms with Gasteiger partial charge in [0, 0.05) is 5.69 Å². The smallest absolute Gasteiger partial charge is 0.355 e. The number of rotatable bonds is 4. The molecule has 0 atom stereocenters. The van der Waals surface area contributed by atoms with E-state index in [1.165, 1.54) is 25.2 Å². The number of aryl methyl sites for hydroxylation is 1. The Morgan fingerprint density at radius 1 is 1.17 bits per heavy atom. The molecule has 0 amide bonds. The van der Waals surface area contributed by atoms with E-state index in [4.69, 9.17) is 9.47 Å². The van der Waals surface area contributed by atoms with Crippen molar-refractivity contribution in [2.24, 2.45) is 0 Å². The number of methoxy groups -OCH3 is 2. The second kappa shape index (κ2) is 7.14. The molecule has 1 aliphatic heterocycles. The van der Waals surface area contributed by atoms with Crippen LogP contribution in [0.15, 0.2) is 29.5 Å². The van der Waals surface area contributed by atoms with Gasteiger partial charge in [-0.05, 0) is 24.6 Å². The zero-order valence-electron chi connectivity index (χ0n) is 13.5. The maximum absolute atomic E-state index is 12.2. The van der Waals surface area contributed by atoms with Crippen LogP contribution in [0.2, 0.25) is 0 Å². The van der Waals surface area contributed by atoms with Crippen LogP contribution >= 0.6 is 0 Å². The van der Waals surface area contributed by atoms with Crippen LogP contribution in [-0.4, -0.2) is 50.6 Å². The first-order valence-electron chi connectivity index (χ1n) is 6.99. The van der Waals surface area contributed by atoms with E-state index in [9.17, 15) is 19.5 Å². The van der Waals surface area contributed by atoms with Crippen LogP contribution in [0.1, 0.15) is 15.9 Å². The van der Waals surface area contributed by atoms with E-state index in [-0.39, 0.29) is 30.2 Å². The van der Waals surface area contributed by atoms with E-state index in [2.05, 4.69) is 4.74 Å². The molecule has 1 aromatic carbocycles. The second-order valence-corrected chi connectivity index (χ2v) is 5.02. The molecule has 24 heavy (non-hydrogen) atoms. The number of anilines is 1. The first-order chi connectivity index (χ1) is 11.4. The van der Waals surface area contributed by atoms with Gasteiger partial charge in [-0.25, -0.2) is 14.4 Å². The Morgan fingerprint density at radius 3 is 2.42 bits per heavy atom. The van der Waals surface area contributed by atoms with Crippen LogP contribution in [0.25, 0.3) is 0 Å². The summed E-state index contributed by atoms with van der Waals surface area (Å²) in [5.41, 5.74) is 1.02. The molecule has 8 nitrogen and oxygen atoms in total. The second-order valence-electron chi connectivity index (χ2n) is 5.02. The van der Waals surface area contributed by atoms with Gasteiger partial charge < -0.3 is 24.2 Å². The predicted molar refractivity (Wildman–Crippen MR) is 82.5 cm³/mol. The quantitative estimate of drug-likeness (QED) is 0.816. The number of carbonyl (C=O) groups excluding carboxylic acids is 2. The van der Waals surface area contributed by atoms with Gasteiger partial charge in [0.2, 0.25) is 0 Å². The fourth-order valence-electron chi connectivity index (χ4n) is 2.36. The minimum absolute atomic E-state index is 0.00745. The third-order valence-corrected chi connectivity index (χ3v) is 3.60. The highest BCUT2D eigenvalue weighted by Gasteiger charge is 2.32. The van der Waals surface area contributed by atoms with Gasteiger partial charge in [0.15, 0.2) is 0 Å². The van der Waals surface area contributed by atoms with Crippen molar-refractivity contribution in [3.05, 3.63) is 40.6 Å². The number of carbonyl (C=O) groups is 3. The average molecular weight is 335 g/mol. The lowest BCUT2D eigenvalue weighted by Gasteiger charge is -2.31. The minimum atomic E-state index is -1.09. The van der Waals surface area contributed by atoms with Crippen LogP contribution in [0.5, 0.6) is 0 Å². The first kappa shape index (κ1) is 17.5. The molecule has 0 saturated heterocycles. The van der Waals surface area contributed by atoms with E-state index in [1.54, 1.807) is 19.1 Å². The molecule has 0 aromatic heterocycles. The minimum Gasteiger partial charge on any atom is -0.478 e. The van der Waals surface area contributed by atoms with Gasteiger partial charge in [-0.15, -0.1) is 0 Å². The molecule has 1 heterocycles. The van der Waals surface area contributed by atoms with Crippen LogP contribution in [0.3, 0.4) is 0 Å². The number of ether oxygens (including phenoxy) is 3. The summed E-state index contributed by atoms with van der Waals surface area (Å²) >= 11 is 0. The van der Waals surface area contributed by atoms with Crippen molar-refractivity contribution in [3.8, 4) is 0 Å². The Hall–Kier alpha value is -2.87. The lowest BCUT2D eigenvalue weighted by atomic mass is 10.1. The van der Waals surface area contributed by atoms with Crippen LogP contribution in [0, 0.1) is 6.92 Å². The van der Waals surface area contributed by atoms with Gasteiger partial charge in [-0.2, -0.15) is 0 Å². The van der Waals surface area contributed by atoms with E-state index in [1.807, 2.05) is 0 Å². The number of carboxylic acids is 1. The van der Waals surface area contributed by atoms with Crippen molar-refractivity contribution in [1.82, 2.24) is 0 Å². The number of hydrogen-bond acceptors (Lipinski definition) is 7. The molecule has 0 unspecified atom stereocenters. The fourth-order valence-corrected chi connectivity index (χ4v) is 2.36. The fraction of sp³-hybridized carbons (Fsp3) is 0.312. The maximum Gasteiger partial charge on any atom is 0.355 e. The topological polar surface area (TPSA) is 102 Å². The summed E-state index contributed by atoms with van der Waals surface area (Å²) in [5, 5.41) is 9.26. The molecule has 2 rings (SSSR count). The number of carboxylic acid groups (broad SMARTS) is 1. The average Bonchev–Trinajstić information content (AvgIpc) is 2.59. The Bertz CT molecular complexity index is 723. The van der Waals surface area contributed by atoms with Gasteiger partial charge in [0.25, 0.3) is 0 Å². The molecular formula is C16H17NO7. The highest BCUT2D eigenvalue weighted by atomic mass is 16.5. The van der Waals surface area contributed by atoms with Gasteiger partial charge in [0.05, 0.1) is 32.0 Å². The zero-order chi connectivity index (χ0) is 17.9. The third kappa shape index (κ3) is 3.23. The number of nitrogens with zero attached hydrogens (tertiary/aromatic N) is 1. The van der Waals surface area contributed by atoms with Crippen molar-refractivity contribution in [2.45, 2.75) is 6.92 Å². The van der Waals surface area contributed by atoms with Crippen molar-refractivity contribution >= 4 is 23.6 Å². The standard InChI is InChI=1S/C16H17NO7/c1-9-4-5-10(6-11(9)14(18)19)17-8-24-7-12(15(20)22-2)13(17)16(21)23-3/h4-6H,7-8H2,1-3H3,(H,18,19). The van der Waals surface area contributed by atoms with Crippen molar-refractivity contribution in [1.29, 1.82) is 0 Å². The molecule has 0 radical (unpaired) electrons. The molecule has 1 aliphatic rings. The summed E-state index contributed by atoms with van der Waals surface area (Å²) in [7, 11) is 2.38. The molecule has 8 heteroatoms. The molecular weight excluding hydrogens is 318 g/mol. The number of esters is 2. The lowest BCUT2D eigenvalue weighted by molar-refractivity contribution is -0.140. The molecule has 0 bridgehead atoms. The monoisotopic (exact) mass is 335 g/mol. The highest BCUT2D eigenvalue weighted by molar-refractivity contribution is 6.03. The van der Waals surface area contributed by atoms with Crippen molar-refractivity contribution < 1.29 is 33.7 Å².